The van der Waals surface area contributed by atoms with E-state index in [1.165, 1.54) is 21.9 Å². The molecule has 100 valence electrons. The summed E-state index contributed by atoms with van der Waals surface area (Å²) in [7, 11) is 0. The molecule has 0 bridgehead atoms. The average molecular weight is 406 g/mol. The molecule has 4 nitrogen and oxygen atoms in total. The van der Waals surface area contributed by atoms with Crippen LogP contribution in [0.4, 0.5) is 11.4 Å². The number of halogens is 2. The number of nitrogens with zero attached hydrogens (tertiary/aromatic N) is 1. The van der Waals surface area contributed by atoms with Crippen molar-refractivity contribution in [3.05, 3.63) is 53.1 Å². The first-order valence-electron chi connectivity index (χ1n) is 5.40. The van der Waals surface area contributed by atoms with Gasteiger partial charge in [0.25, 0.3) is 5.69 Å². The standard InChI is InChI=1S/C12H10Br2N2O2S/c1-7-10(13)5-9(19-7)6-15-12-3-2-8(16(17)18)4-11(12)14/h2-5,15H,6H2,1H3. The zero-order chi connectivity index (χ0) is 14.0. The molecule has 0 saturated heterocycles. The molecule has 1 aromatic heterocycles. The lowest BCUT2D eigenvalue weighted by Gasteiger charge is -2.06. The number of aryl methyl sites for hydroxylation is 1. The van der Waals surface area contributed by atoms with Crippen molar-refractivity contribution in [2.75, 3.05) is 5.32 Å². The second kappa shape index (κ2) is 6.02. The van der Waals surface area contributed by atoms with Gasteiger partial charge >= 0.3 is 0 Å². The van der Waals surface area contributed by atoms with Crippen LogP contribution in [0.15, 0.2) is 33.2 Å². The van der Waals surface area contributed by atoms with Crippen molar-refractivity contribution >= 4 is 54.6 Å². The second-order valence-corrected chi connectivity index (χ2v) is 6.94. The van der Waals surface area contributed by atoms with Crippen molar-refractivity contribution in [1.29, 1.82) is 0 Å². The summed E-state index contributed by atoms with van der Waals surface area (Å²) in [4.78, 5) is 12.7. The zero-order valence-corrected chi connectivity index (χ0v) is 13.9. The Labute approximate surface area is 131 Å². The maximum atomic E-state index is 10.6. The molecule has 1 heterocycles. The molecule has 0 spiro atoms. The number of rotatable bonds is 4. The highest BCUT2D eigenvalue weighted by molar-refractivity contribution is 9.11. The normalized spacial score (nSPS) is 10.5. The molecule has 0 aliphatic rings. The smallest absolute Gasteiger partial charge is 0.270 e. The predicted molar refractivity (Wildman–Crippen MR) is 84.9 cm³/mol. The van der Waals surface area contributed by atoms with Crippen molar-refractivity contribution in [3.8, 4) is 0 Å². The van der Waals surface area contributed by atoms with Gasteiger partial charge in [0.1, 0.15) is 0 Å². The third kappa shape index (κ3) is 3.55. The Morgan fingerprint density at radius 3 is 2.58 bits per heavy atom. The largest absolute Gasteiger partial charge is 0.379 e. The number of hydrogen-bond acceptors (Lipinski definition) is 4. The number of hydrogen-bond donors (Lipinski definition) is 1. The Bertz CT molecular complexity index is 609. The van der Waals surface area contributed by atoms with Crippen LogP contribution in [-0.2, 0) is 6.54 Å². The van der Waals surface area contributed by atoms with Gasteiger partial charge in [0.15, 0.2) is 0 Å². The molecule has 0 atom stereocenters. The first-order chi connectivity index (χ1) is 8.97. The molecule has 0 saturated carbocycles. The van der Waals surface area contributed by atoms with Crippen LogP contribution in [0.25, 0.3) is 0 Å². The van der Waals surface area contributed by atoms with Crippen LogP contribution in [-0.4, -0.2) is 4.92 Å². The van der Waals surface area contributed by atoms with Gasteiger partial charge in [0, 0.05) is 43.1 Å². The highest BCUT2D eigenvalue weighted by Gasteiger charge is 2.09. The summed E-state index contributed by atoms with van der Waals surface area (Å²) in [6, 6.07) is 6.77. The van der Waals surface area contributed by atoms with E-state index in [0.717, 1.165) is 10.2 Å². The second-order valence-electron chi connectivity index (χ2n) is 3.89. The van der Waals surface area contributed by atoms with Crippen LogP contribution in [0.2, 0.25) is 0 Å². The highest BCUT2D eigenvalue weighted by atomic mass is 79.9. The maximum Gasteiger partial charge on any atom is 0.270 e. The molecule has 0 fully saturated rings. The molecule has 1 aromatic carbocycles. The Balaban J connectivity index is 2.09. The Hall–Kier alpha value is -0.920. The number of benzene rings is 1. The van der Waals surface area contributed by atoms with Gasteiger partial charge in [-0.1, -0.05) is 0 Å². The van der Waals surface area contributed by atoms with Crippen LogP contribution >= 0.6 is 43.2 Å². The van der Waals surface area contributed by atoms with Crippen molar-refractivity contribution in [1.82, 2.24) is 0 Å². The Kier molecular flexibility index (Phi) is 4.59. The van der Waals surface area contributed by atoms with E-state index < -0.39 is 4.92 Å². The first kappa shape index (κ1) is 14.5. The number of nitro benzene ring substituents is 1. The van der Waals surface area contributed by atoms with Gasteiger partial charge in [0.05, 0.1) is 4.92 Å². The summed E-state index contributed by atoms with van der Waals surface area (Å²) in [5.74, 6) is 0. The summed E-state index contributed by atoms with van der Waals surface area (Å²) in [6.45, 7) is 2.74. The molecule has 19 heavy (non-hydrogen) atoms. The highest BCUT2D eigenvalue weighted by Crippen LogP contribution is 2.30. The average Bonchev–Trinajstić information content (AvgIpc) is 2.67. The third-order valence-electron chi connectivity index (χ3n) is 2.52. The van der Waals surface area contributed by atoms with Crippen molar-refractivity contribution in [2.45, 2.75) is 13.5 Å². The third-order valence-corrected chi connectivity index (χ3v) is 5.32. The lowest BCUT2D eigenvalue weighted by molar-refractivity contribution is -0.384. The molecule has 2 aromatic rings. The van der Waals surface area contributed by atoms with Crippen molar-refractivity contribution in [2.24, 2.45) is 0 Å². The molecule has 0 amide bonds. The zero-order valence-electron chi connectivity index (χ0n) is 9.94. The van der Waals surface area contributed by atoms with E-state index in [2.05, 4.69) is 50.2 Å². The minimum Gasteiger partial charge on any atom is -0.379 e. The number of non-ortho nitro benzene ring substituents is 1. The van der Waals surface area contributed by atoms with Gasteiger partial charge in [-0.2, -0.15) is 0 Å². The molecular weight excluding hydrogens is 396 g/mol. The molecule has 0 aliphatic carbocycles. The van der Waals surface area contributed by atoms with E-state index in [-0.39, 0.29) is 5.69 Å². The van der Waals surface area contributed by atoms with Crippen molar-refractivity contribution < 1.29 is 4.92 Å². The Morgan fingerprint density at radius 2 is 2.05 bits per heavy atom. The van der Waals surface area contributed by atoms with Crippen LogP contribution in [0.3, 0.4) is 0 Å². The van der Waals surface area contributed by atoms with Gasteiger partial charge in [-0.3, -0.25) is 10.1 Å². The van der Waals surface area contributed by atoms with Crippen LogP contribution in [0.5, 0.6) is 0 Å². The lowest BCUT2D eigenvalue weighted by atomic mass is 10.3. The van der Waals surface area contributed by atoms with E-state index >= 15 is 0 Å². The fourth-order valence-electron chi connectivity index (χ4n) is 1.55. The van der Waals surface area contributed by atoms with E-state index in [4.69, 9.17) is 0 Å². The quantitative estimate of drug-likeness (QED) is 0.568. The van der Waals surface area contributed by atoms with E-state index in [1.807, 2.05) is 0 Å². The first-order valence-corrected chi connectivity index (χ1v) is 7.80. The summed E-state index contributed by atoms with van der Waals surface area (Å²) < 4.78 is 1.80. The van der Waals surface area contributed by atoms with Gasteiger partial charge < -0.3 is 5.32 Å². The minimum absolute atomic E-state index is 0.0761. The van der Waals surface area contributed by atoms with Gasteiger partial charge in [-0.05, 0) is 50.9 Å². The van der Waals surface area contributed by atoms with Gasteiger partial charge in [-0.15, -0.1) is 11.3 Å². The minimum atomic E-state index is -0.408. The van der Waals surface area contributed by atoms with Crippen molar-refractivity contribution in [3.63, 3.8) is 0 Å². The summed E-state index contributed by atoms with van der Waals surface area (Å²) >= 11 is 8.53. The molecule has 0 aliphatic heterocycles. The van der Waals surface area contributed by atoms with Crippen LogP contribution in [0, 0.1) is 17.0 Å². The number of nitro groups is 1. The SMILES string of the molecule is Cc1sc(CNc2ccc([N+](=O)[O-])cc2Br)cc1Br. The lowest BCUT2D eigenvalue weighted by Crippen LogP contribution is -1.98. The van der Waals surface area contributed by atoms with E-state index in [0.29, 0.717) is 11.0 Å². The number of thiophene rings is 1. The van der Waals surface area contributed by atoms with Crippen LogP contribution < -0.4 is 5.32 Å². The molecule has 2 rings (SSSR count). The molecular formula is C12H10Br2N2O2S. The maximum absolute atomic E-state index is 10.6. The van der Waals surface area contributed by atoms with Gasteiger partial charge in [-0.25, -0.2) is 0 Å². The number of nitrogens with one attached hydrogen (secondary N) is 1. The molecule has 0 unspecified atom stereocenters. The summed E-state index contributed by atoms with van der Waals surface area (Å²) in [5, 5.41) is 13.9. The Morgan fingerprint density at radius 1 is 1.32 bits per heavy atom. The summed E-state index contributed by atoms with van der Waals surface area (Å²) in [5.41, 5.74) is 0.917. The topological polar surface area (TPSA) is 55.2 Å². The monoisotopic (exact) mass is 404 g/mol. The van der Waals surface area contributed by atoms with Gasteiger partial charge in [0.2, 0.25) is 0 Å². The van der Waals surface area contributed by atoms with E-state index in [9.17, 15) is 10.1 Å². The van der Waals surface area contributed by atoms with Crippen LogP contribution in [0.1, 0.15) is 9.75 Å². The molecule has 1 N–H and O–H groups in total. The summed E-state index contributed by atoms with van der Waals surface area (Å²) in [6.07, 6.45) is 0. The fraction of sp³-hybridized carbons (Fsp3) is 0.167. The fourth-order valence-corrected chi connectivity index (χ4v) is 3.60. The molecule has 7 heteroatoms. The predicted octanol–water partition coefficient (Wildman–Crippen LogP) is 5.10. The van der Waals surface area contributed by atoms with E-state index in [1.54, 1.807) is 17.4 Å². The number of anilines is 1. The molecule has 0 radical (unpaired) electrons.